The number of para-hydroxylation sites is 1. The van der Waals surface area contributed by atoms with Crippen molar-refractivity contribution < 1.29 is 4.42 Å². The van der Waals surface area contributed by atoms with E-state index in [1.165, 1.54) is 111 Å². The van der Waals surface area contributed by atoms with Crippen LogP contribution in [0.2, 0.25) is 0 Å². The maximum Gasteiger partial charge on any atom is 0.252 e. The smallest absolute Gasteiger partial charge is 0.252 e. The van der Waals surface area contributed by atoms with E-state index in [4.69, 9.17) is 4.42 Å². The van der Waals surface area contributed by atoms with Crippen molar-refractivity contribution in [1.82, 2.24) is 0 Å². The summed E-state index contributed by atoms with van der Waals surface area (Å²) >= 11 is 1.89. The Kier molecular flexibility index (Phi) is 9.55. The van der Waals surface area contributed by atoms with Crippen LogP contribution in [0.4, 0.5) is 45.5 Å². The maximum atomic E-state index is 6.54. The Hall–Kier alpha value is -6.76. The largest absolute Gasteiger partial charge is 0.456 e. The second kappa shape index (κ2) is 15.4. The summed E-state index contributed by atoms with van der Waals surface area (Å²) in [5, 5.41) is 4.89. The molecule has 74 heavy (non-hydrogen) atoms. The van der Waals surface area contributed by atoms with Gasteiger partial charge in [0.1, 0.15) is 11.2 Å². The molecule has 2 aromatic heterocycles. The van der Waals surface area contributed by atoms with Crippen LogP contribution in [0.5, 0.6) is 0 Å². The van der Waals surface area contributed by atoms with Crippen LogP contribution in [-0.2, 0) is 21.7 Å². The fraction of sp³-hybridized carbons (Fsp3) is 0.294. The van der Waals surface area contributed by atoms with Gasteiger partial charge in [0.05, 0.1) is 5.54 Å². The predicted octanol–water partition coefficient (Wildman–Crippen LogP) is 17.7. The number of fused-ring (bicyclic) bond motifs is 13. The highest BCUT2D eigenvalue weighted by Crippen LogP contribution is 2.62. The summed E-state index contributed by atoms with van der Waals surface area (Å²) in [5.74, 6) is 0. The average Bonchev–Trinajstić information content (AvgIpc) is 4.01. The van der Waals surface area contributed by atoms with Crippen molar-refractivity contribution in [2.24, 2.45) is 0 Å². The third-order valence-electron chi connectivity index (χ3n) is 18.3. The van der Waals surface area contributed by atoms with E-state index >= 15 is 0 Å². The van der Waals surface area contributed by atoms with E-state index in [2.05, 4.69) is 243 Å². The molecular formula is C68H66BN3OS. The number of anilines is 8. The van der Waals surface area contributed by atoms with E-state index in [0.717, 1.165) is 40.5 Å². The summed E-state index contributed by atoms with van der Waals surface area (Å²) in [6.07, 6.45) is 4.73. The number of hydrogen-bond acceptors (Lipinski definition) is 5. The van der Waals surface area contributed by atoms with Crippen molar-refractivity contribution in [2.45, 2.75) is 129 Å². The topological polar surface area (TPSA) is 22.9 Å². The van der Waals surface area contributed by atoms with Crippen molar-refractivity contribution in [3.8, 4) is 0 Å². The predicted molar refractivity (Wildman–Crippen MR) is 320 cm³/mol. The van der Waals surface area contributed by atoms with Gasteiger partial charge in [-0.3, -0.25) is 0 Å². The molecular weight excluding hydrogens is 918 g/mol. The SMILES string of the molecule is CC(C)(C)c1ccc2c(c1)N(c1ccc3oc4ccccc4c3c1)c1cc(N3c4ccc(C(C)(C)C)cc4C4(C)CCCCC34C)cc3c1B2c1ccc(C(C)(C)C)cc1N3c1ccc2sc3ccccc3c2c1. The number of thiophene rings is 1. The number of rotatable bonds is 3. The van der Waals surface area contributed by atoms with Crippen LogP contribution in [0.15, 0.2) is 156 Å². The number of furan rings is 1. The molecule has 14 rings (SSSR count). The maximum absolute atomic E-state index is 6.54. The minimum Gasteiger partial charge on any atom is -0.456 e. The highest BCUT2D eigenvalue weighted by atomic mass is 32.1. The van der Waals surface area contributed by atoms with Gasteiger partial charge in [0.25, 0.3) is 6.71 Å². The summed E-state index contributed by atoms with van der Waals surface area (Å²) in [7, 11) is 0. The standard InChI is InChI=1S/C68H66BN3OS/c1-64(2,3)41-24-29-54-51(34-41)67(10)32-16-17-33-68(67,11)72(54)46-39-57-63-58(40-46)71(45-26-31-62-50(38-45)48-19-13-15-21-61(48)74-62)56-36-43(66(7,8)9)23-28-53(56)69(63)52-27-22-42(65(4,5)6)35-55(52)70(57)44-25-30-60-49(37-44)47-18-12-14-20-59(47)73-60/h12-15,18-31,34-40H,16-17,32-33H2,1-11H3. The molecule has 0 bridgehead atoms. The van der Waals surface area contributed by atoms with Crippen LogP contribution in [0.1, 0.15) is 124 Å². The molecule has 2 atom stereocenters. The molecule has 2 unspecified atom stereocenters. The van der Waals surface area contributed by atoms with Crippen LogP contribution in [-0.4, -0.2) is 12.3 Å². The fourth-order valence-electron chi connectivity index (χ4n) is 13.9. The minimum absolute atomic E-state index is 0.0190. The van der Waals surface area contributed by atoms with Crippen molar-refractivity contribution in [3.05, 3.63) is 174 Å². The van der Waals surface area contributed by atoms with Gasteiger partial charge in [-0.25, -0.2) is 0 Å². The third-order valence-corrected chi connectivity index (χ3v) is 19.4. The molecule has 1 saturated carbocycles. The zero-order valence-corrected chi connectivity index (χ0v) is 45.8. The molecule has 0 N–H and O–H groups in total. The van der Waals surface area contributed by atoms with Gasteiger partial charge in [0.2, 0.25) is 0 Å². The number of nitrogens with zero attached hydrogens (tertiary/aromatic N) is 3. The second-order valence-corrected chi connectivity index (χ2v) is 26.8. The van der Waals surface area contributed by atoms with Gasteiger partial charge in [0.15, 0.2) is 0 Å². The summed E-state index contributed by atoms with van der Waals surface area (Å²) < 4.78 is 9.17. The lowest BCUT2D eigenvalue weighted by Crippen LogP contribution is -2.61. The lowest BCUT2D eigenvalue weighted by Gasteiger charge is -2.51. The molecule has 4 nitrogen and oxygen atoms in total. The van der Waals surface area contributed by atoms with E-state index in [9.17, 15) is 0 Å². The van der Waals surface area contributed by atoms with Crippen LogP contribution in [0.25, 0.3) is 42.1 Å². The first-order valence-electron chi connectivity index (χ1n) is 27.2. The second-order valence-electron chi connectivity index (χ2n) is 25.7. The average molecular weight is 984 g/mol. The van der Waals surface area contributed by atoms with Crippen LogP contribution in [0, 0.1) is 0 Å². The lowest BCUT2D eigenvalue weighted by atomic mass is 9.33. The molecule has 1 fully saturated rings. The summed E-state index contributed by atoms with van der Waals surface area (Å²) in [6.45, 7) is 26.4. The van der Waals surface area contributed by atoms with Gasteiger partial charge in [-0.1, -0.05) is 155 Å². The molecule has 8 aromatic carbocycles. The Morgan fingerprint density at radius 1 is 0.459 bits per heavy atom. The van der Waals surface area contributed by atoms with Gasteiger partial charge in [-0.05, 0) is 154 Å². The monoisotopic (exact) mass is 984 g/mol. The molecule has 1 aliphatic carbocycles. The molecule has 3 aliphatic heterocycles. The van der Waals surface area contributed by atoms with E-state index in [1.807, 2.05) is 11.3 Å². The molecule has 368 valence electrons. The molecule has 0 spiro atoms. The van der Waals surface area contributed by atoms with Gasteiger partial charge < -0.3 is 19.1 Å². The highest BCUT2D eigenvalue weighted by Gasteiger charge is 2.58. The van der Waals surface area contributed by atoms with E-state index in [-0.39, 0.29) is 33.9 Å². The zero-order valence-electron chi connectivity index (χ0n) is 45.0. The van der Waals surface area contributed by atoms with Crippen LogP contribution >= 0.6 is 11.3 Å². The van der Waals surface area contributed by atoms with Gasteiger partial charge >= 0.3 is 0 Å². The quantitative estimate of drug-likeness (QED) is 0.165. The number of benzene rings is 8. The van der Waals surface area contributed by atoms with Crippen molar-refractivity contribution in [3.63, 3.8) is 0 Å². The summed E-state index contributed by atoms with van der Waals surface area (Å²) in [5.41, 5.74) is 20.9. The fourth-order valence-corrected chi connectivity index (χ4v) is 15.0. The normalized spacial score (nSPS) is 19.3. The van der Waals surface area contributed by atoms with Crippen LogP contribution < -0.4 is 31.1 Å². The van der Waals surface area contributed by atoms with Crippen molar-refractivity contribution >= 4 is 122 Å². The molecule has 0 radical (unpaired) electrons. The van der Waals surface area contributed by atoms with Crippen molar-refractivity contribution in [1.29, 1.82) is 0 Å². The molecule has 10 aromatic rings. The molecule has 0 amide bonds. The minimum atomic E-state index is -0.165. The Morgan fingerprint density at radius 2 is 1.00 bits per heavy atom. The first-order chi connectivity index (χ1) is 35.3. The zero-order chi connectivity index (χ0) is 51.0. The molecule has 6 heteroatoms. The summed E-state index contributed by atoms with van der Waals surface area (Å²) in [4.78, 5) is 8.12. The highest BCUT2D eigenvalue weighted by molar-refractivity contribution is 7.25. The molecule has 0 saturated heterocycles. The Bertz CT molecular complexity index is 3800. The first kappa shape index (κ1) is 45.8. The molecule has 5 heterocycles. The lowest BCUT2D eigenvalue weighted by molar-refractivity contribution is 0.195. The first-order valence-corrected chi connectivity index (χ1v) is 28.0. The van der Waals surface area contributed by atoms with Gasteiger partial charge in [-0.15, -0.1) is 11.3 Å². The third kappa shape index (κ3) is 6.46. The van der Waals surface area contributed by atoms with E-state index < -0.39 is 0 Å². The Balaban J connectivity index is 1.12. The van der Waals surface area contributed by atoms with E-state index in [1.54, 1.807) is 0 Å². The van der Waals surface area contributed by atoms with E-state index in [0.29, 0.717) is 0 Å². The van der Waals surface area contributed by atoms with Gasteiger partial charge in [-0.2, -0.15) is 0 Å². The van der Waals surface area contributed by atoms with Crippen molar-refractivity contribution in [2.75, 3.05) is 14.7 Å². The van der Waals surface area contributed by atoms with Gasteiger partial charge in [0, 0.05) is 81.9 Å². The van der Waals surface area contributed by atoms with Crippen LogP contribution in [0.3, 0.4) is 0 Å². The summed E-state index contributed by atoms with van der Waals surface area (Å²) in [6, 6.07) is 59.1. The Labute approximate surface area is 441 Å². The Morgan fingerprint density at radius 3 is 1.66 bits per heavy atom. The molecule has 4 aliphatic rings. The number of hydrogen-bond donors (Lipinski definition) is 0.